The Hall–Kier alpha value is -2.44. The normalized spacial score (nSPS) is 11.5. The zero-order valence-electron chi connectivity index (χ0n) is 12.6. The van der Waals surface area contributed by atoms with Gasteiger partial charge in [-0.1, -0.05) is 0 Å². The van der Waals surface area contributed by atoms with E-state index in [0.29, 0.717) is 19.0 Å². The number of benzene rings is 1. The van der Waals surface area contributed by atoms with Crippen LogP contribution in [0.25, 0.3) is 0 Å². The summed E-state index contributed by atoms with van der Waals surface area (Å²) in [5.41, 5.74) is 1.23. The number of nitrogens with one attached hydrogen (secondary N) is 2. The van der Waals surface area contributed by atoms with Gasteiger partial charge in [0.05, 0.1) is 12.7 Å². The Balaban J connectivity index is 2.00. The minimum Gasteiger partial charge on any atom is -0.357 e. The second kappa shape index (κ2) is 7.53. The highest BCUT2D eigenvalue weighted by Crippen LogP contribution is 2.09. The summed E-state index contributed by atoms with van der Waals surface area (Å²) in [4.78, 5) is 4.39. The molecule has 0 fully saturated rings. The summed E-state index contributed by atoms with van der Waals surface area (Å²) in [6.45, 7) is 3.21. The summed E-state index contributed by atoms with van der Waals surface area (Å²) < 4.78 is 28.4. The highest BCUT2D eigenvalue weighted by molar-refractivity contribution is 5.79. The van der Waals surface area contributed by atoms with Gasteiger partial charge in [-0.15, -0.1) is 0 Å². The molecule has 118 valence electrons. The van der Waals surface area contributed by atoms with E-state index in [2.05, 4.69) is 20.7 Å². The fourth-order valence-electron chi connectivity index (χ4n) is 1.92. The standard InChI is InChI=1S/C15H19F2N5/c1-3-18-15(19-7-11-8-21-22(2)10-11)20-9-12-6-13(16)4-5-14(12)17/h4-6,8,10H,3,7,9H2,1-2H3,(H2,18,19,20). The molecule has 22 heavy (non-hydrogen) atoms. The monoisotopic (exact) mass is 307 g/mol. The number of guanidine groups is 1. The molecule has 0 atom stereocenters. The fourth-order valence-corrected chi connectivity index (χ4v) is 1.92. The van der Waals surface area contributed by atoms with E-state index in [1.165, 1.54) is 6.07 Å². The van der Waals surface area contributed by atoms with E-state index in [4.69, 9.17) is 0 Å². The third-order valence-electron chi connectivity index (χ3n) is 2.98. The Morgan fingerprint density at radius 2 is 2.14 bits per heavy atom. The van der Waals surface area contributed by atoms with E-state index in [9.17, 15) is 8.78 Å². The lowest BCUT2D eigenvalue weighted by Gasteiger charge is -2.11. The number of halogens is 2. The second-order valence-electron chi connectivity index (χ2n) is 4.81. The Bertz CT molecular complexity index is 651. The highest BCUT2D eigenvalue weighted by Gasteiger charge is 2.05. The number of aryl methyl sites for hydroxylation is 1. The molecule has 0 aliphatic carbocycles. The zero-order chi connectivity index (χ0) is 15.9. The van der Waals surface area contributed by atoms with Gasteiger partial charge in [-0.05, 0) is 25.1 Å². The summed E-state index contributed by atoms with van der Waals surface area (Å²) in [5, 5.41) is 10.1. The van der Waals surface area contributed by atoms with Gasteiger partial charge in [0.25, 0.3) is 0 Å². The predicted molar refractivity (Wildman–Crippen MR) is 81.2 cm³/mol. The first kappa shape index (κ1) is 15.9. The van der Waals surface area contributed by atoms with Gasteiger partial charge >= 0.3 is 0 Å². The van der Waals surface area contributed by atoms with E-state index in [-0.39, 0.29) is 12.1 Å². The van der Waals surface area contributed by atoms with Crippen molar-refractivity contribution < 1.29 is 8.78 Å². The van der Waals surface area contributed by atoms with Crippen molar-refractivity contribution in [3.05, 3.63) is 53.4 Å². The molecule has 0 unspecified atom stereocenters. The van der Waals surface area contributed by atoms with Crippen LogP contribution in [0, 0.1) is 11.6 Å². The van der Waals surface area contributed by atoms with Crippen molar-refractivity contribution in [1.82, 2.24) is 20.4 Å². The Morgan fingerprint density at radius 1 is 1.32 bits per heavy atom. The van der Waals surface area contributed by atoms with Gasteiger partial charge in [0, 0.05) is 37.5 Å². The lowest BCUT2D eigenvalue weighted by atomic mass is 10.2. The van der Waals surface area contributed by atoms with Gasteiger partial charge in [-0.25, -0.2) is 13.8 Å². The number of rotatable bonds is 5. The van der Waals surface area contributed by atoms with Crippen LogP contribution < -0.4 is 10.6 Å². The predicted octanol–water partition coefficient (Wildman–Crippen LogP) is 1.95. The Labute approximate surface area is 128 Å². The molecule has 2 rings (SSSR count). The smallest absolute Gasteiger partial charge is 0.191 e. The Morgan fingerprint density at radius 3 is 2.82 bits per heavy atom. The second-order valence-corrected chi connectivity index (χ2v) is 4.81. The third kappa shape index (κ3) is 4.54. The fraction of sp³-hybridized carbons (Fsp3) is 0.333. The van der Waals surface area contributed by atoms with Gasteiger partial charge in [0.15, 0.2) is 5.96 Å². The molecule has 1 aromatic heterocycles. The zero-order valence-corrected chi connectivity index (χ0v) is 12.6. The van der Waals surface area contributed by atoms with Crippen molar-refractivity contribution in [3.63, 3.8) is 0 Å². The molecule has 0 aliphatic rings. The summed E-state index contributed by atoms with van der Waals surface area (Å²) in [7, 11) is 1.84. The summed E-state index contributed by atoms with van der Waals surface area (Å²) >= 11 is 0. The summed E-state index contributed by atoms with van der Waals surface area (Å²) in [5.74, 6) is -0.373. The van der Waals surface area contributed by atoms with Crippen molar-refractivity contribution >= 4 is 5.96 Å². The first-order valence-corrected chi connectivity index (χ1v) is 7.02. The molecule has 7 heteroatoms. The van der Waals surface area contributed by atoms with Crippen LogP contribution in [0.3, 0.4) is 0 Å². The molecular formula is C15H19F2N5. The molecule has 0 aliphatic heterocycles. The number of hydrogen-bond acceptors (Lipinski definition) is 2. The van der Waals surface area contributed by atoms with Crippen LogP contribution >= 0.6 is 0 Å². The minimum absolute atomic E-state index is 0.155. The number of nitrogens with zero attached hydrogens (tertiary/aromatic N) is 3. The quantitative estimate of drug-likeness (QED) is 0.656. The van der Waals surface area contributed by atoms with E-state index in [0.717, 1.165) is 17.7 Å². The number of hydrogen-bond donors (Lipinski definition) is 2. The van der Waals surface area contributed by atoms with Gasteiger partial charge in [-0.3, -0.25) is 4.68 Å². The minimum atomic E-state index is -0.463. The van der Waals surface area contributed by atoms with Gasteiger partial charge in [0.1, 0.15) is 11.6 Å². The van der Waals surface area contributed by atoms with Crippen molar-refractivity contribution in [2.24, 2.45) is 12.0 Å². The first-order chi connectivity index (χ1) is 10.6. The lowest BCUT2D eigenvalue weighted by Crippen LogP contribution is -2.37. The first-order valence-electron chi connectivity index (χ1n) is 7.02. The van der Waals surface area contributed by atoms with Crippen molar-refractivity contribution in [2.75, 3.05) is 6.54 Å². The van der Waals surface area contributed by atoms with Crippen LogP contribution in [0.4, 0.5) is 8.78 Å². The molecule has 0 radical (unpaired) electrons. The van der Waals surface area contributed by atoms with E-state index in [1.807, 2.05) is 20.2 Å². The van der Waals surface area contributed by atoms with Crippen LogP contribution in [0.1, 0.15) is 18.1 Å². The van der Waals surface area contributed by atoms with Crippen LogP contribution in [0.15, 0.2) is 35.6 Å². The molecule has 0 saturated heterocycles. The molecule has 1 heterocycles. The molecule has 1 aromatic carbocycles. The van der Waals surface area contributed by atoms with E-state index in [1.54, 1.807) is 10.9 Å². The molecule has 0 amide bonds. The SMILES string of the molecule is CCNC(=NCc1cnn(C)c1)NCc1cc(F)ccc1F. The molecule has 0 spiro atoms. The number of aromatic nitrogens is 2. The maximum Gasteiger partial charge on any atom is 0.191 e. The highest BCUT2D eigenvalue weighted by atomic mass is 19.1. The maximum atomic E-state index is 13.6. The molecule has 2 N–H and O–H groups in total. The summed E-state index contributed by atoms with van der Waals surface area (Å²) in [6.07, 6.45) is 3.61. The van der Waals surface area contributed by atoms with Crippen LogP contribution in [-0.2, 0) is 20.1 Å². The molecular weight excluding hydrogens is 288 g/mol. The average molecular weight is 307 g/mol. The largest absolute Gasteiger partial charge is 0.357 e. The van der Waals surface area contributed by atoms with Crippen LogP contribution in [0.5, 0.6) is 0 Å². The van der Waals surface area contributed by atoms with Crippen LogP contribution in [-0.4, -0.2) is 22.3 Å². The van der Waals surface area contributed by atoms with Gasteiger partial charge in [0.2, 0.25) is 0 Å². The summed E-state index contributed by atoms with van der Waals surface area (Å²) in [6, 6.07) is 3.39. The maximum absolute atomic E-state index is 13.6. The van der Waals surface area contributed by atoms with E-state index >= 15 is 0 Å². The van der Waals surface area contributed by atoms with E-state index < -0.39 is 11.6 Å². The topological polar surface area (TPSA) is 54.2 Å². The van der Waals surface area contributed by atoms with Crippen molar-refractivity contribution in [2.45, 2.75) is 20.0 Å². The van der Waals surface area contributed by atoms with Gasteiger partial charge < -0.3 is 10.6 Å². The van der Waals surface area contributed by atoms with Gasteiger partial charge in [-0.2, -0.15) is 5.10 Å². The van der Waals surface area contributed by atoms with Crippen molar-refractivity contribution in [1.29, 1.82) is 0 Å². The number of aliphatic imine (C=N–C) groups is 1. The third-order valence-corrected chi connectivity index (χ3v) is 2.98. The van der Waals surface area contributed by atoms with Crippen LogP contribution in [0.2, 0.25) is 0 Å². The molecule has 0 saturated carbocycles. The molecule has 2 aromatic rings. The Kier molecular flexibility index (Phi) is 5.46. The molecule has 0 bridgehead atoms. The lowest BCUT2D eigenvalue weighted by molar-refractivity contribution is 0.581. The average Bonchev–Trinajstić information content (AvgIpc) is 2.91. The van der Waals surface area contributed by atoms with Crippen molar-refractivity contribution in [3.8, 4) is 0 Å². The molecule has 5 nitrogen and oxygen atoms in total.